The van der Waals surface area contributed by atoms with Crippen molar-refractivity contribution in [3.63, 3.8) is 0 Å². The van der Waals surface area contributed by atoms with Crippen LogP contribution in [0.4, 0.5) is 13.2 Å². The van der Waals surface area contributed by atoms with E-state index in [4.69, 9.17) is 0 Å². The van der Waals surface area contributed by atoms with Crippen molar-refractivity contribution in [3.8, 4) is 5.69 Å². The van der Waals surface area contributed by atoms with E-state index < -0.39 is 17.3 Å². The fourth-order valence-corrected chi connectivity index (χ4v) is 3.72. The smallest absolute Gasteiger partial charge is 0.349 e. The lowest BCUT2D eigenvalue weighted by atomic mass is 10.2. The molecule has 0 spiro atoms. The first-order valence-corrected chi connectivity index (χ1v) is 9.76. The number of nitrogens with one attached hydrogen (secondary N) is 2. The van der Waals surface area contributed by atoms with Gasteiger partial charge in [-0.2, -0.15) is 13.2 Å². The predicted octanol–water partition coefficient (Wildman–Crippen LogP) is 3.16. The number of carbonyl (C=O) groups excluding carboxylic acids is 1. The largest absolute Gasteiger partial charge is 0.416 e. The summed E-state index contributed by atoms with van der Waals surface area (Å²) < 4.78 is 39.7. The maximum Gasteiger partial charge on any atom is 0.416 e. The lowest BCUT2D eigenvalue weighted by molar-refractivity contribution is -0.137. The molecule has 1 fully saturated rings. The second kappa shape index (κ2) is 7.98. The highest BCUT2D eigenvalue weighted by Crippen LogP contribution is 2.29. The maximum absolute atomic E-state index is 12.8. The van der Waals surface area contributed by atoms with Gasteiger partial charge in [-0.25, -0.2) is 0 Å². The molecule has 1 amide bonds. The zero-order valence-electron chi connectivity index (χ0n) is 16.1. The summed E-state index contributed by atoms with van der Waals surface area (Å²) in [5.41, 5.74) is -0.285. The van der Waals surface area contributed by atoms with Gasteiger partial charge < -0.3 is 15.2 Å². The monoisotopic (exact) mass is 418 g/mol. The van der Waals surface area contributed by atoms with Gasteiger partial charge in [0.25, 0.3) is 11.5 Å². The van der Waals surface area contributed by atoms with E-state index in [9.17, 15) is 22.8 Å². The Hall–Kier alpha value is -3.07. The van der Waals surface area contributed by atoms with Gasteiger partial charge in [0.2, 0.25) is 0 Å². The minimum Gasteiger partial charge on any atom is -0.349 e. The molecule has 1 aromatic carbocycles. The third-order valence-corrected chi connectivity index (χ3v) is 5.29. The topological polar surface area (TPSA) is 70.1 Å². The molecule has 6 nitrogen and oxygen atoms in total. The predicted molar refractivity (Wildman–Crippen MR) is 107 cm³/mol. The number of alkyl halides is 3. The van der Waals surface area contributed by atoms with Crippen LogP contribution in [-0.4, -0.2) is 46.5 Å². The molecular weight excluding hydrogens is 397 g/mol. The van der Waals surface area contributed by atoms with Gasteiger partial charge in [0, 0.05) is 24.5 Å². The van der Waals surface area contributed by atoms with E-state index in [-0.39, 0.29) is 17.3 Å². The molecule has 2 aromatic heterocycles. The van der Waals surface area contributed by atoms with Crippen LogP contribution >= 0.6 is 0 Å². The molecule has 158 valence electrons. The molecule has 1 saturated heterocycles. The van der Waals surface area contributed by atoms with Gasteiger partial charge in [-0.3, -0.25) is 14.2 Å². The summed E-state index contributed by atoms with van der Waals surface area (Å²) in [6.45, 7) is 3.38. The van der Waals surface area contributed by atoms with Crippen molar-refractivity contribution in [3.05, 3.63) is 64.1 Å². The Kier molecular flexibility index (Phi) is 5.38. The van der Waals surface area contributed by atoms with E-state index in [1.807, 2.05) is 0 Å². The van der Waals surface area contributed by atoms with Gasteiger partial charge in [-0.15, -0.1) is 0 Å². The number of pyridine rings is 1. The van der Waals surface area contributed by atoms with Gasteiger partial charge in [0.05, 0.1) is 11.3 Å². The van der Waals surface area contributed by atoms with Gasteiger partial charge >= 0.3 is 6.18 Å². The highest BCUT2D eigenvalue weighted by molar-refractivity contribution is 5.97. The van der Waals surface area contributed by atoms with Gasteiger partial charge in [-0.1, -0.05) is 0 Å². The molecule has 3 aromatic rings. The summed E-state index contributed by atoms with van der Waals surface area (Å²) in [4.78, 5) is 30.2. The first-order chi connectivity index (χ1) is 14.3. The summed E-state index contributed by atoms with van der Waals surface area (Å²) in [6.07, 6.45) is -2.10. The van der Waals surface area contributed by atoms with E-state index in [1.165, 1.54) is 35.6 Å². The molecule has 0 bridgehead atoms. The zero-order valence-corrected chi connectivity index (χ0v) is 16.1. The average Bonchev–Trinajstić information content (AvgIpc) is 3.37. The Labute approximate surface area is 170 Å². The highest BCUT2D eigenvalue weighted by Gasteiger charge is 2.30. The summed E-state index contributed by atoms with van der Waals surface area (Å²) in [5, 5.41) is 3.47. The minimum absolute atomic E-state index is 0.279. The molecule has 0 unspecified atom stereocenters. The molecule has 0 radical (unpaired) electrons. The molecule has 2 N–H and O–H groups in total. The highest BCUT2D eigenvalue weighted by atomic mass is 19.4. The second-order valence-electron chi connectivity index (χ2n) is 7.34. The van der Waals surface area contributed by atoms with Crippen molar-refractivity contribution in [1.29, 1.82) is 0 Å². The number of carbonyl (C=O) groups is 1. The molecular formula is C21H21F3N4O2. The molecule has 4 rings (SSSR count). The van der Waals surface area contributed by atoms with E-state index in [2.05, 4.69) is 15.2 Å². The number of rotatable bonds is 5. The Morgan fingerprint density at radius 3 is 2.43 bits per heavy atom. The van der Waals surface area contributed by atoms with Crippen molar-refractivity contribution in [2.45, 2.75) is 19.0 Å². The summed E-state index contributed by atoms with van der Waals surface area (Å²) in [6, 6.07) is 8.85. The Balaban J connectivity index is 1.58. The van der Waals surface area contributed by atoms with Crippen molar-refractivity contribution in [1.82, 2.24) is 19.8 Å². The van der Waals surface area contributed by atoms with Gasteiger partial charge in [-0.05, 0) is 62.3 Å². The van der Waals surface area contributed by atoms with E-state index in [0.29, 0.717) is 17.6 Å². The van der Waals surface area contributed by atoms with E-state index in [1.54, 1.807) is 12.1 Å². The van der Waals surface area contributed by atoms with Crippen LogP contribution < -0.4 is 10.9 Å². The van der Waals surface area contributed by atoms with E-state index in [0.717, 1.165) is 31.8 Å². The van der Waals surface area contributed by atoms with E-state index >= 15 is 0 Å². The SMILES string of the molecule is O=C(NCCN1CCCC1)c1cc2ccc(=O)n(-c3ccc(C(F)(F)F)cc3)c2[nH]1. The first kappa shape index (κ1) is 20.2. The standard InChI is InChI=1S/C21H21F3N4O2/c22-21(23,24)15-4-6-16(7-5-15)28-18(29)8-3-14-13-17(26-19(14)28)20(30)25-9-12-27-10-1-2-11-27/h3-8,13,26H,1-2,9-12H2,(H,25,30). The summed E-state index contributed by atoms with van der Waals surface area (Å²) in [5.74, 6) is -0.295. The second-order valence-corrected chi connectivity index (χ2v) is 7.34. The third-order valence-electron chi connectivity index (χ3n) is 5.29. The molecule has 9 heteroatoms. The molecule has 0 atom stereocenters. The van der Waals surface area contributed by atoms with Crippen LogP contribution in [0.15, 0.2) is 47.3 Å². The third kappa shape index (κ3) is 4.11. The number of aromatic nitrogens is 2. The van der Waals surface area contributed by atoms with Crippen LogP contribution in [0.1, 0.15) is 28.9 Å². The molecule has 0 aliphatic carbocycles. The van der Waals surface area contributed by atoms with Crippen molar-refractivity contribution in [2.24, 2.45) is 0 Å². The Morgan fingerprint density at radius 1 is 1.07 bits per heavy atom. The van der Waals surface area contributed by atoms with Crippen molar-refractivity contribution >= 4 is 16.9 Å². The van der Waals surface area contributed by atoms with Crippen LogP contribution in [0.2, 0.25) is 0 Å². The normalized spacial score (nSPS) is 15.0. The van der Waals surface area contributed by atoms with Crippen LogP contribution in [0.25, 0.3) is 16.7 Å². The quantitative estimate of drug-likeness (QED) is 0.669. The fraction of sp³-hybridized carbons (Fsp3) is 0.333. The zero-order chi connectivity index (χ0) is 21.3. The molecule has 1 aliphatic rings. The van der Waals surface area contributed by atoms with Crippen LogP contribution in [-0.2, 0) is 6.18 Å². The van der Waals surface area contributed by atoms with Gasteiger partial charge in [0.1, 0.15) is 11.3 Å². The number of hydrogen-bond donors (Lipinski definition) is 2. The van der Waals surface area contributed by atoms with Crippen LogP contribution in [0.3, 0.4) is 0 Å². The van der Waals surface area contributed by atoms with Crippen molar-refractivity contribution < 1.29 is 18.0 Å². The summed E-state index contributed by atoms with van der Waals surface area (Å²) in [7, 11) is 0. The van der Waals surface area contributed by atoms with Crippen LogP contribution in [0.5, 0.6) is 0 Å². The number of H-pyrrole nitrogens is 1. The number of likely N-dealkylation sites (tertiary alicyclic amines) is 1. The minimum atomic E-state index is -4.46. The number of hydrogen-bond acceptors (Lipinski definition) is 3. The number of fused-ring (bicyclic) bond motifs is 1. The molecule has 0 saturated carbocycles. The summed E-state index contributed by atoms with van der Waals surface area (Å²) >= 11 is 0. The lowest BCUT2D eigenvalue weighted by Gasteiger charge is -2.14. The average molecular weight is 418 g/mol. The number of nitrogens with zero attached hydrogens (tertiary/aromatic N) is 2. The molecule has 1 aliphatic heterocycles. The fourth-order valence-electron chi connectivity index (χ4n) is 3.72. The molecule has 3 heterocycles. The van der Waals surface area contributed by atoms with Crippen LogP contribution in [0, 0.1) is 0 Å². The first-order valence-electron chi connectivity index (χ1n) is 9.76. The number of benzene rings is 1. The Bertz CT molecular complexity index is 1110. The number of amides is 1. The lowest BCUT2D eigenvalue weighted by Crippen LogP contribution is -2.33. The maximum atomic E-state index is 12.8. The van der Waals surface area contributed by atoms with Gasteiger partial charge in [0.15, 0.2) is 0 Å². The van der Waals surface area contributed by atoms with Crippen molar-refractivity contribution in [2.75, 3.05) is 26.2 Å². The Morgan fingerprint density at radius 2 is 1.77 bits per heavy atom. The molecule has 30 heavy (non-hydrogen) atoms. The number of aromatic amines is 1. The number of halogens is 3.